The molecule has 2 amide bonds. The lowest BCUT2D eigenvalue weighted by atomic mass is 10.0. The Morgan fingerprint density at radius 2 is 1.43 bits per heavy atom. The zero-order chi connectivity index (χ0) is 19.5. The highest BCUT2D eigenvalue weighted by atomic mass is 19.1. The van der Waals surface area contributed by atoms with Gasteiger partial charge in [0.1, 0.15) is 11.5 Å². The Bertz CT molecular complexity index is 768. The van der Waals surface area contributed by atoms with Gasteiger partial charge in [0.25, 0.3) is 11.8 Å². The predicted molar refractivity (Wildman–Crippen MR) is 99.7 cm³/mol. The number of benzene rings is 1. The summed E-state index contributed by atoms with van der Waals surface area (Å²) in [6.45, 7) is 6.00. The topological polar surface area (TPSA) is 62.3 Å². The maximum Gasteiger partial charge on any atom is 0.277 e. The lowest BCUT2D eigenvalue weighted by Gasteiger charge is -2.30. The summed E-state index contributed by atoms with van der Waals surface area (Å²) in [5.74, 6) is -0.968. The predicted octanol–water partition coefficient (Wildman–Crippen LogP) is 0.570. The first-order valence-electron chi connectivity index (χ1n) is 9.64. The van der Waals surface area contributed by atoms with Crippen molar-refractivity contribution in [2.24, 2.45) is 0 Å². The van der Waals surface area contributed by atoms with E-state index < -0.39 is 0 Å². The molecule has 2 fully saturated rings. The summed E-state index contributed by atoms with van der Waals surface area (Å²) >= 11 is 0. The summed E-state index contributed by atoms with van der Waals surface area (Å²) in [6, 6.07) is 5.74. The molecule has 0 unspecified atom stereocenters. The SMILES string of the molecule is O=C1C(c2ccc(F)cc2)=C(N2CCOCC2)C(=O)N1CCN1CCOCC1. The number of imide groups is 1. The van der Waals surface area contributed by atoms with E-state index >= 15 is 0 Å². The molecular weight excluding hydrogens is 365 g/mol. The van der Waals surface area contributed by atoms with Gasteiger partial charge >= 0.3 is 0 Å². The molecule has 4 rings (SSSR count). The van der Waals surface area contributed by atoms with Crippen molar-refractivity contribution >= 4 is 17.4 Å². The van der Waals surface area contributed by atoms with E-state index in [1.54, 1.807) is 12.1 Å². The molecule has 0 saturated carbocycles. The van der Waals surface area contributed by atoms with Crippen molar-refractivity contribution in [3.63, 3.8) is 0 Å². The van der Waals surface area contributed by atoms with Gasteiger partial charge in [0.2, 0.25) is 0 Å². The Balaban J connectivity index is 1.59. The summed E-state index contributed by atoms with van der Waals surface area (Å²) < 4.78 is 24.1. The van der Waals surface area contributed by atoms with Crippen LogP contribution in [-0.2, 0) is 19.1 Å². The van der Waals surface area contributed by atoms with Gasteiger partial charge in [-0.15, -0.1) is 0 Å². The monoisotopic (exact) mass is 389 g/mol. The minimum Gasteiger partial charge on any atom is -0.379 e. The summed E-state index contributed by atoms with van der Waals surface area (Å²) in [7, 11) is 0. The number of hydrogen-bond acceptors (Lipinski definition) is 6. The highest BCUT2D eigenvalue weighted by Crippen LogP contribution is 2.32. The van der Waals surface area contributed by atoms with Crippen molar-refractivity contribution in [2.75, 3.05) is 65.7 Å². The van der Waals surface area contributed by atoms with Crippen LogP contribution < -0.4 is 0 Å². The molecule has 150 valence electrons. The van der Waals surface area contributed by atoms with Gasteiger partial charge in [-0.25, -0.2) is 4.39 Å². The van der Waals surface area contributed by atoms with Gasteiger partial charge in [-0.3, -0.25) is 19.4 Å². The molecule has 3 heterocycles. The number of carbonyl (C=O) groups is 2. The molecule has 28 heavy (non-hydrogen) atoms. The first-order chi connectivity index (χ1) is 13.6. The number of rotatable bonds is 5. The highest BCUT2D eigenvalue weighted by Gasteiger charge is 2.41. The van der Waals surface area contributed by atoms with Crippen LogP contribution in [0.1, 0.15) is 5.56 Å². The van der Waals surface area contributed by atoms with Crippen molar-refractivity contribution in [2.45, 2.75) is 0 Å². The number of halogens is 1. The third kappa shape index (κ3) is 3.80. The van der Waals surface area contributed by atoms with Crippen LogP contribution in [0, 0.1) is 5.82 Å². The third-order valence-electron chi connectivity index (χ3n) is 5.35. The van der Waals surface area contributed by atoms with E-state index in [1.165, 1.54) is 17.0 Å². The summed E-state index contributed by atoms with van der Waals surface area (Å²) in [5, 5.41) is 0. The Hall–Kier alpha value is -2.29. The van der Waals surface area contributed by atoms with E-state index in [0.29, 0.717) is 69.4 Å². The van der Waals surface area contributed by atoms with E-state index in [1.807, 2.05) is 4.90 Å². The van der Waals surface area contributed by atoms with E-state index in [9.17, 15) is 14.0 Å². The molecular formula is C20H24FN3O4. The van der Waals surface area contributed by atoms with Crippen molar-refractivity contribution in [1.29, 1.82) is 0 Å². The van der Waals surface area contributed by atoms with Crippen LogP contribution in [0.4, 0.5) is 4.39 Å². The molecule has 3 aliphatic rings. The van der Waals surface area contributed by atoms with Crippen molar-refractivity contribution in [3.05, 3.63) is 41.3 Å². The van der Waals surface area contributed by atoms with Crippen LogP contribution in [0.5, 0.6) is 0 Å². The molecule has 3 aliphatic heterocycles. The molecule has 1 aromatic carbocycles. The number of nitrogens with zero attached hydrogens (tertiary/aromatic N) is 3. The van der Waals surface area contributed by atoms with Crippen LogP contribution >= 0.6 is 0 Å². The molecule has 0 radical (unpaired) electrons. The van der Waals surface area contributed by atoms with E-state index in [0.717, 1.165) is 13.1 Å². The highest BCUT2D eigenvalue weighted by molar-refractivity contribution is 6.35. The number of ether oxygens (including phenoxy) is 2. The van der Waals surface area contributed by atoms with Crippen molar-refractivity contribution in [3.8, 4) is 0 Å². The van der Waals surface area contributed by atoms with Crippen LogP contribution in [-0.4, -0.2) is 92.2 Å². The van der Waals surface area contributed by atoms with Gasteiger partial charge in [0.05, 0.1) is 32.0 Å². The second kappa shape index (κ2) is 8.38. The van der Waals surface area contributed by atoms with Gasteiger partial charge in [0, 0.05) is 39.3 Å². The third-order valence-corrected chi connectivity index (χ3v) is 5.35. The van der Waals surface area contributed by atoms with Gasteiger partial charge in [-0.05, 0) is 17.7 Å². The lowest BCUT2D eigenvalue weighted by Crippen LogP contribution is -2.44. The van der Waals surface area contributed by atoms with Gasteiger partial charge < -0.3 is 14.4 Å². The Kier molecular flexibility index (Phi) is 5.70. The average molecular weight is 389 g/mol. The van der Waals surface area contributed by atoms with Crippen LogP contribution in [0.15, 0.2) is 30.0 Å². The standard InChI is InChI=1S/C20H24FN3O4/c21-16-3-1-15(2-4-16)17-18(23-9-13-28-14-10-23)20(26)24(19(17)25)6-5-22-7-11-27-12-8-22/h1-4H,5-14H2. The molecule has 0 aliphatic carbocycles. The molecule has 0 N–H and O–H groups in total. The Morgan fingerprint density at radius 1 is 0.821 bits per heavy atom. The van der Waals surface area contributed by atoms with Crippen LogP contribution in [0.25, 0.3) is 5.57 Å². The summed E-state index contributed by atoms with van der Waals surface area (Å²) in [6.07, 6.45) is 0. The molecule has 8 heteroatoms. The molecule has 7 nitrogen and oxygen atoms in total. The minimum absolute atomic E-state index is 0.278. The van der Waals surface area contributed by atoms with Crippen molar-refractivity contribution in [1.82, 2.24) is 14.7 Å². The second-order valence-corrected chi connectivity index (χ2v) is 7.05. The van der Waals surface area contributed by atoms with E-state index in [4.69, 9.17) is 9.47 Å². The maximum atomic E-state index is 13.4. The number of amides is 2. The van der Waals surface area contributed by atoms with E-state index in [-0.39, 0.29) is 17.6 Å². The molecule has 2 saturated heterocycles. The molecule has 0 spiro atoms. The van der Waals surface area contributed by atoms with Crippen molar-refractivity contribution < 1.29 is 23.5 Å². The van der Waals surface area contributed by atoms with Gasteiger partial charge in [0.15, 0.2) is 0 Å². The first kappa shape index (κ1) is 19.0. The quantitative estimate of drug-likeness (QED) is 0.687. The fourth-order valence-corrected chi connectivity index (χ4v) is 3.79. The smallest absolute Gasteiger partial charge is 0.277 e. The minimum atomic E-state index is -0.377. The fraction of sp³-hybridized carbons (Fsp3) is 0.500. The summed E-state index contributed by atoms with van der Waals surface area (Å²) in [4.78, 5) is 31.8. The van der Waals surface area contributed by atoms with Crippen LogP contribution in [0.3, 0.4) is 0 Å². The molecule has 0 atom stereocenters. The maximum absolute atomic E-state index is 13.4. The zero-order valence-corrected chi connectivity index (χ0v) is 15.7. The number of hydrogen-bond donors (Lipinski definition) is 0. The number of carbonyl (C=O) groups excluding carboxylic acids is 2. The molecule has 1 aromatic rings. The zero-order valence-electron chi connectivity index (χ0n) is 15.7. The van der Waals surface area contributed by atoms with E-state index in [2.05, 4.69) is 4.90 Å². The normalized spacial score (nSPS) is 21.8. The molecule has 0 bridgehead atoms. The van der Waals surface area contributed by atoms with Crippen LogP contribution in [0.2, 0.25) is 0 Å². The summed E-state index contributed by atoms with van der Waals surface area (Å²) in [5.41, 5.74) is 1.32. The average Bonchev–Trinajstić information content (AvgIpc) is 2.98. The number of morpholine rings is 2. The largest absolute Gasteiger partial charge is 0.379 e. The Labute approximate surface area is 163 Å². The fourth-order valence-electron chi connectivity index (χ4n) is 3.79. The second-order valence-electron chi connectivity index (χ2n) is 7.05. The first-order valence-corrected chi connectivity index (χ1v) is 9.64. The van der Waals surface area contributed by atoms with Gasteiger partial charge in [-0.2, -0.15) is 0 Å². The Morgan fingerprint density at radius 3 is 2.07 bits per heavy atom. The van der Waals surface area contributed by atoms with Gasteiger partial charge in [-0.1, -0.05) is 12.1 Å². The molecule has 0 aromatic heterocycles. The lowest BCUT2D eigenvalue weighted by molar-refractivity contribution is -0.138.